The molecule has 0 saturated heterocycles. The SMILES string of the molecule is O=C(NCCS(=O)(=O)N1CCc2ccccc2C1)c1c(F)cccc1Cl. The summed E-state index contributed by atoms with van der Waals surface area (Å²) in [6.45, 7) is 0.613. The lowest BCUT2D eigenvalue weighted by atomic mass is 10.0. The molecule has 2 aromatic rings. The molecular formula is C18H18ClFN2O3S. The molecule has 1 aliphatic rings. The van der Waals surface area contributed by atoms with Gasteiger partial charge in [0.1, 0.15) is 5.82 Å². The van der Waals surface area contributed by atoms with E-state index in [0.717, 1.165) is 17.2 Å². The van der Waals surface area contributed by atoms with Crippen LogP contribution < -0.4 is 5.32 Å². The van der Waals surface area contributed by atoms with Crippen LogP contribution in [-0.2, 0) is 23.0 Å². The number of sulfonamides is 1. The van der Waals surface area contributed by atoms with Crippen LogP contribution in [0.5, 0.6) is 0 Å². The molecule has 26 heavy (non-hydrogen) atoms. The summed E-state index contributed by atoms with van der Waals surface area (Å²) in [5.41, 5.74) is 1.87. The van der Waals surface area contributed by atoms with Crippen molar-refractivity contribution in [1.29, 1.82) is 0 Å². The molecule has 1 heterocycles. The molecular weight excluding hydrogens is 379 g/mol. The standard InChI is InChI=1S/C18H18ClFN2O3S/c19-15-6-3-7-16(20)17(15)18(23)21-9-11-26(24,25)22-10-8-13-4-1-2-5-14(13)12-22/h1-7H,8-12H2,(H,21,23). The largest absolute Gasteiger partial charge is 0.351 e. The molecule has 0 saturated carbocycles. The number of hydrogen-bond acceptors (Lipinski definition) is 3. The lowest BCUT2D eigenvalue weighted by Gasteiger charge is -2.28. The van der Waals surface area contributed by atoms with E-state index in [9.17, 15) is 17.6 Å². The van der Waals surface area contributed by atoms with Crippen molar-refractivity contribution in [3.8, 4) is 0 Å². The maximum Gasteiger partial charge on any atom is 0.255 e. The summed E-state index contributed by atoms with van der Waals surface area (Å²) in [7, 11) is -3.53. The second-order valence-electron chi connectivity index (χ2n) is 6.02. The van der Waals surface area contributed by atoms with E-state index in [1.54, 1.807) is 0 Å². The van der Waals surface area contributed by atoms with Crippen molar-refractivity contribution in [2.75, 3.05) is 18.8 Å². The topological polar surface area (TPSA) is 66.5 Å². The fraction of sp³-hybridized carbons (Fsp3) is 0.278. The van der Waals surface area contributed by atoms with Crippen LogP contribution in [0.4, 0.5) is 4.39 Å². The van der Waals surface area contributed by atoms with Crippen molar-refractivity contribution in [3.05, 3.63) is 70.0 Å². The van der Waals surface area contributed by atoms with E-state index in [1.165, 1.54) is 16.4 Å². The van der Waals surface area contributed by atoms with Gasteiger partial charge in [0.2, 0.25) is 10.0 Å². The highest BCUT2D eigenvalue weighted by atomic mass is 35.5. The minimum Gasteiger partial charge on any atom is -0.351 e. The van der Waals surface area contributed by atoms with Gasteiger partial charge >= 0.3 is 0 Å². The van der Waals surface area contributed by atoms with Gasteiger partial charge in [-0.25, -0.2) is 12.8 Å². The predicted octanol–water partition coefficient (Wildman–Crippen LogP) is 2.60. The molecule has 8 heteroatoms. The summed E-state index contributed by atoms with van der Waals surface area (Å²) >= 11 is 5.84. The van der Waals surface area contributed by atoms with Crippen LogP contribution in [0.2, 0.25) is 5.02 Å². The van der Waals surface area contributed by atoms with Gasteiger partial charge in [-0.15, -0.1) is 0 Å². The molecule has 0 bridgehead atoms. The lowest BCUT2D eigenvalue weighted by molar-refractivity contribution is 0.0952. The molecule has 1 amide bonds. The Hall–Kier alpha value is -1.96. The van der Waals surface area contributed by atoms with Gasteiger partial charge in [0, 0.05) is 19.6 Å². The molecule has 0 unspecified atom stereocenters. The normalized spacial score (nSPS) is 14.7. The van der Waals surface area contributed by atoms with Crippen LogP contribution in [-0.4, -0.2) is 37.5 Å². The second kappa shape index (κ2) is 7.73. The quantitative estimate of drug-likeness (QED) is 0.844. The van der Waals surface area contributed by atoms with Gasteiger partial charge in [-0.3, -0.25) is 4.79 Å². The zero-order valence-corrected chi connectivity index (χ0v) is 15.5. The maximum absolute atomic E-state index is 13.7. The monoisotopic (exact) mass is 396 g/mol. The fourth-order valence-electron chi connectivity index (χ4n) is 2.93. The number of fused-ring (bicyclic) bond motifs is 1. The molecule has 3 rings (SSSR count). The first-order valence-corrected chi connectivity index (χ1v) is 10.1. The highest BCUT2D eigenvalue weighted by Gasteiger charge is 2.26. The Bertz CT molecular complexity index is 914. The number of amides is 1. The highest BCUT2D eigenvalue weighted by molar-refractivity contribution is 7.89. The molecule has 5 nitrogen and oxygen atoms in total. The molecule has 0 aliphatic carbocycles. The second-order valence-corrected chi connectivity index (χ2v) is 8.52. The summed E-state index contributed by atoms with van der Waals surface area (Å²) in [6.07, 6.45) is 0.659. The smallest absolute Gasteiger partial charge is 0.255 e. The number of nitrogens with one attached hydrogen (secondary N) is 1. The molecule has 138 valence electrons. The van der Waals surface area contributed by atoms with E-state index in [-0.39, 0.29) is 22.9 Å². The zero-order valence-electron chi connectivity index (χ0n) is 13.9. The number of rotatable bonds is 5. The van der Waals surface area contributed by atoms with Crippen molar-refractivity contribution in [3.63, 3.8) is 0 Å². The van der Waals surface area contributed by atoms with Crippen molar-refractivity contribution in [2.24, 2.45) is 0 Å². The van der Waals surface area contributed by atoms with Crippen molar-refractivity contribution in [2.45, 2.75) is 13.0 Å². The Morgan fingerprint density at radius 3 is 2.62 bits per heavy atom. The first-order valence-electron chi connectivity index (χ1n) is 8.15. The van der Waals surface area contributed by atoms with E-state index < -0.39 is 21.7 Å². The highest BCUT2D eigenvalue weighted by Crippen LogP contribution is 2.21. The molecule has 1 N–H and O–H groups in total. The van der Waals surface area contributed by atoms with Gasteiger partial charge in [-0.05, 0) is 29.7 Å². The number of halogens is 2. The number of hydrogen-bond donors (Lipinski definition) is 1. The third-order valence-corrected chi connectivity index (χ3v) is 6.46. The number of benzene rings is 2. The third-order valence-electron chi connectivity index (χ3n) is 4.32. The number of carbonyl (C=O) groups is 1. The molecule has 0 radical (unpaired) electrons. The summed E-state index contributed by atoms with van der Waals surface area (Å²) in [4.78, 5) is 12.1. The molecule has 0 fully saturated rings. The van der Waals surface area contributed by atoms with Crippen LogP contribution in [0.15, 0.2) is 42.5 Å². The van der Waals surface area contributed by atoms with E-state index in [2.05, 4.69) is 5.32 Å². The average Bonchev–Trinajstić information content (AvgIpc) is 2.61. The van der Waals surface area contributed by atoms with Gasteiger partial charge in [0.15, 0.2) is 0 Å². The zero-order chi connectivity index (χ0) is 18.7. The van der Waals surface area contributed by atoms with E-state index in [4.69, 9.17) is 11.6 Å². The summed E-state index contributed by atoms with van der Waals surface area (Å²) < 4.78 is 40.2. The van der Waals surface area contributed by atoms with Crippen LogP contribution in [0.1, 0.15) is 21.5 Å². The fourth-order valence-corrected chi connectivity index (χ4v) is 4.51. The number of nitrogens with zero attached hydrogens (tertiary/aromatic N) is 1. The Labute approximate surface area is 156 Å². The predicted molar refractivity (Wildman–Crippen MR) is 98.1 cm³/mol. The van der Waals surface area contributed by atoms with Gasteiger partial charge < -0.3 is 5.32 Å². The van der Waals surface area contributed by atoms with Gasteiger partial charge in [0.05, 0.1) is 16.3 Å². The van der Waals surface area contributed by atoms with Crippen LogP contribution in [0.3, 0.4) is 0 Å². The Kier molecular flexibility index (Phi) is 5.60. The number of carbonyl (C=O) groups excluding carboxylic acids is 1. The Morgan fingerprint density at radius 2 is 1.88 bits per heavy atom. The Balaban J connectivity index is 1.60. The molecule has 2 aromatic carbocycles. The van der Waals surface area contributed by atoms with Gasteiger partial charge in [0.25, 0.3) is 5.91 Å². The Morgan fingerprint density at radius 1 is 1.15 bits per heavy atom. The van der Waals surface area contributed by atoms with Gasteiger partial charge in [-0.1, -0.05) is 41.9 Å². The average molecular weight is 397 g/mol. The first kappa shape index (κ1) is 18.8. The van der Waals surface area contributed by atoms with Gasteiger partial charge in [-0.2, -0.15) is 4.31 Å². The minimum atomic E-state index is -3.53. The van der Waals surface area contributed by atoms with E-state index in [0.29, 0.717) is 19.5 Å². The summed E-state index contributed by atoms with van der Waals surface area (Å²) in [5.74, 6) is -1.73. The first-order chi connectivity index (χ1) is 12.4. The van der Waals surface area contributed by atoms with Crippen molar-refractivity contribution in [1.82, 2.24) is 9.62 Å². The van der Waals surface area contributed by atoms with Crippen LogP contribution >= 0.6 is 11.6 Å². The molecule has 1 aliphatic heterocycles. The minimum absolute atomic E-state index is 0.0157. The van der Waals surface area contributed by atoms with Crippen LogP contribution in [0.25, 0.3) is 0 Å². The summed E-state index contributed by atoms with van der Waals surface area (Å²) in [6, 6.07) is 11.7. The molecule has 0 spiro atoms. The van der Waals surface area contributed by atoms with Crippen molar-refractivity contribution < 1.29 is 17.6 Å². The van der Waals surface area contributed by atoms with Crippen LogP contribution in [0, 0.1) is 5.82 Å². The van der Waals surface area contributed by atoms with Crippen molar-refractivity contribution >= 4 is 27.5 Å². The third kappa shape index (κ3) is 4.06. The lowest BCUT2D eigenvalue weighted by Crippen LogP contribution is -2.40. The summed E-state index contributed by atoms with van der Waals surface area (Å²) in [5, 5.41) is 2.41. The maximum atomic E-state index is 13.7. The van der Waals surface area contributed by atoms with E-state index >= 15 is 0 Å². The molecule has 0 aromatic heterocycles. The molecule has 0 atom stereocenters. The van der Waals surface area contributed by atoms with E-state index in [1.807, 2.05) is 24.3 Å².